The van der Waals surface area contributed by atoms with Crippen LogP contribution in [0.25, 0.3) is 6.08 Å². The van der Waals surface area contributed by atoms with E-state index in [1.54, 1.807) is 6.08 Å². The molecule has 160 valence electrons. The predicted octanol–water partition coefficient (Wildman–Crippen LogP) is 3.20. The maximum Gasteiger partial charge on any atom is 0.236 e. The first-order chi connectivity index (χ1) is 14.4. The Labute approximate surface area is 178 Å². The molecule has 6 nitrogen and oxygen atoms in total. The van der Waals surface area contributed by atoms with Crippen LogP contribution in [0, 0.1) is 12.8 Å². The molecular weight excluding hydrogens is 400 g/mol. The average molecular weight is 429 g/mol. The first kappa shape index (κ1) is 22.1. The van der Waals surface area contributed by atoms with E-state index < -0.39 is 10.0 Å². The molecular formula is C23H28N2O4S. The van der Waals surface area contributed by atoms with E-state index >= 15 is 0 Å². The normalized spacial score (nSPS) is 15.9. The minimum Gasteiger partial charge on any atom is -0.492 e. The standard InChI is InChI=1S/C23H28N2O4S/c1-19-7-9-22(10-8-19)29-17-14-24-23(26)21-11-15-25(16-12-21)30(27,28)18-13-20-5-3-2-4-6-20/h2-10,13,18,21H,11-12,14-17H2,1H3,(H,24,26). The summed E-state index contributed by atoms with van der Waals surface area (Å²) in [5, 5.41) is 4.13. The van der Waals surface area contributed by atoms with Crippen molar-refractivity contribution < 1.29 is 17.9 Å². The van der Waals surface area contributed by atoms with Crippen LogP contribution >= 0.6 is 0 Å². The summed E-state index contributed by atoms with van der Waals surface area (Å²) in [6.45, 7) is 3.52. The second-order valence-electron chi connectivity index (χ2n) is 7.38. The fourth-order valence-electron chi connectivity index (χ4n) is 3.31. The number of benzene rings is 2. The van der Waals surface area contributed by atoms with Gasteiger partial charge < -0.3 is 10.1 Å². The van der Waals surface area contributed by atoms with Crippen molar-refractivity contribution in [2.45, 2.75) is 19.8 Å². The number of ether oxygens (including phenoxy) is 1. The number of piperidine rings is 1. The molecule has 0 aromatic heterocycles. The first-order valence-corrected chi connectivity index (χ1v) is 11.6. The van der Waals surface area contributed by atoms with Crippen LogP contribution in [0.15, 0.2) is 60.0 Å². The van der Waals surface area contributed by atoms with Crippen LogP contribution in [-0.2, 0) is 14.8 Å². The SMILES string of the molecule is Cc1ccc(OCCNC(=O)C2CCN(S(=O)(=O)C=Cc3ccccc3)CC2)cc1. The summed E-state index contributed by atoms with van der Waals surface area (Å²) >= 11 is 0. The smallest absolute Gasteiger partial charge is 0.236 e. The monoisotopic (exact) mass is 428 g/mol. The third kappa shape index (κ3) is 6.43. The fourth-order valence-corrected chi connectivity index (χ4v) is 4.53. The van der Waals surface area contributed by atoms with Gasteiger partial charge in [0.15, 0.2) is 0 Å². The van der Waals surface area contributed by atoms with E-state index in [-0.39, 0.29) is 11.8 Å². The summed E-state index contributed by atoms with van der Waals surface area (Å²) in [7, 11) is -3.48. The molecule has 2 aromatic carbocycles. The predicted molar refractivity (Wildman–Crippen MR) is 118 cm³/mol. The number of aryl methyl sites for hydroxylation is 1. The molecule has 0 bridgehead atoms. The lowest BCUT2D eigenvalue weighted by Crippen LogP contribution is -2.43. The quantitative estimate of drug-likeness (QED) is 0.655. The Hall–Kier alpha value is -2.64. The van der Waals surface area contributed by atoms with E-state index in [0.717, 1.165) is 11.3 Å². The zero-order valence-corrected chi connectivity index (χ0v) is 18.0. The van der Waals surface area contributed by atoms with Gasteiger partial charge >= 0.3 is 0 Å². The summed E-state index contributed by atoms with van der Waals surface area (Å²) in [6.07, 6.45) is 2.63. The van der Waals surface area contributed by atoms with E-state index in [1.165, 1.54) is 15.3 Å². The molecule has 1 fully saturated rings. The van der Waals surface area contributed by atoms with Crippen LogP contribution in [0.3, 0.4) is 0 Å². The molecule has 2 aromatic rings. The zero-order valence-electron chi connectivity index (χ0n) is 17.2. The van der Waals surface area contributed by atoms with Crippen molar-refractivity contribution in [2.75, 3.05) is 26.2 Å². The Balaban J connectivity index is 1.40. The highest BCUT2D eigenvalue weighted by atomic mass is 32.2. The molecule has 1 aliphatic heterocycles. The molecule has 1 aliphatic rings. The van der Waals surface area contributed by atoms with E-state index in [4.69, 9.17) is 4.74 Å². The number of rotatable bonds is 8. The second-order valence-corrected chi connectivity index (χ2v) is 9.20. The first-order valence-electron chi connectivity index (χ1n) is 10.1. The lowest BCUT2D eigenvalue weighted by atomic mass is 9.97. The summed E-state index contributed by atoms with van der Waals surface area (Å²) < 4.78 is 32.1. The van der Waals surface area contributed by atoms with Gasteiger partial charge in [-0.2, -0.15) is 4.31 Å². The average Bonchev–Trinajstić information content (AvgIpc) is 2.77. The Bertz CT molecular complexity index is 948. The summed E-state index contributed by atoms with van der Waals surface area (Å²) in [6, 6.07) is 17.1. The summed E-state index contributed by atoms with van der Waals surface area (Å²) in [5.74, 6) is 0.560. The highest BCUT2D eigenvalue weighted by Crippen LogP contribution is 2.21. The van der Waals surface area contributed by atoms with Crippen LogP contribution in [-0.4, -0.2) is 44.9 Å². The number of hydrogen-bond acceptors (Lipinski definition) is 4. The van der Waals surface area contributed by atoms with E-state index in [1.807, 2.05) is 61.5 Å². The summed E-state index contributed by atoms with van der Waals surface area (Å²) in [4.78, 5) is 12.4. The van der Waals surface area contributed by atoms with E-state index in [0.29, 0.717) is 39.1 Å². The summed E-state index contributed by atoms with van der Waals surface area (Å²) in [5.41, 5.74) is 2.00. The molecule has 0 spiro atoms. The number of amides is 1. The maximum absolute atomic E-state index is 12.5. The van der Waals surface area contributed by atoms with Gasteiger partial charge in [-0.05, 0) is 43.5 Å². The van der Waals surface area contributed by atoms with Crippen molar-refractivity contribution in [3.8, 4) is 5.75 Å². The van der Waals surface area contributed by atoms with Gasteiger partial charge in [0.2, 0.25) is 15.9 Å². The Morgan fingerprint density at radius 1 is 1.10 bits per heavy atom. The van der Waals surface area contributed by atoms with Gasteiger partial charge in [0.25, 0.3) is 0 Å². The van der Waals surface area contributed by atoms with Crippen molar-refractivity contribution in [2.24, 2.45) is 5.92 Å². The van der Waals surface area contributed by atoms with Crippen molar-refractivity contribution in [3.63, 3.8) is 0 Å². The Kier molecular flexibility index (Phi) is 7.65. The van der Waals surface area contributed by atoms with E-state index in [9.17, 15) is 13.2 Å². The molecule has 1 heterocycles. The fraction of sp³-hybridized carbons (Fsp3) is 0.348. The minimum absolute atomic E-state index is 0.0422. The van der Waals surface area contributed by atoms with E-state index in [2.05, 4.69) is 5.32 Å². The number of nitrogens with one attached hydrogen (secondary N) is 1. The van der Waals surface area contributed by atoms with Gasteiger partial charge in [-0.25, -0.2) is 8.42 Å². The molecule has 0 saturated carbocycles. The topological polar surface area (TPSA) is 75.7 Å². The molecule has 30 heavy (non-hydrogen) atoms. The third-order valence-corrected chi connectivity index (χ3v) is 6.67. The van der Waals surface area contributed by atoms with Crippen molar-refractivity contribution in [1.29, 1.82) is 0 Å². The molecule has 0 radical (unpaired) electrons. The van der Waals surface area contributed by atoms with Crippen LogP contribution < -0.4 is 10.1 Å². The zero-order chi connectivity index (χ0) is 21.4. The molecule has 0 aliphatic carbocycles. The number of sulfonamides is 1. The van der Waals surface area contributed by atoms with Gasteiger partial charge in [0, 0.05) is 24.4 Å². The van der Waals surface area contributed by atoms with Gasteiger partial charge in [-0.15, -0.1) is 0 Å². The number of carbonyl (C=O) groups excluding carboxylic acids is 1. The Morgan fingerprint density at radius 2 is 1.77 bits per heavy atom. The van der Waals surface area contributed by atoms with Gasteiger partial charge in [0.1, 0.15) is 12.4 Å². The molecule has 0 atom stereocenters. The van der Waals surface area contributed by atoms with Crippen molar-refractivity contribution in [3.05, 3.63) is 71.1 Å². The second kappa shape index (κ2) is 10.4. The van der Waals surface area contributed by atoms with Crippen LogP contribution in [0.4, 0.5) is 0 Å². The van der Waals surface area contributed by atoms with Gasteiger partial charge in [-0.3, -0.25) is 4.79 Å². The lowest BCUT2D eigenvalue weighted by Gasteiger charge is -2.29. The molecule has 1 saturated heterocycles. The Morgan fingerprint density at radius 3 is 2.43 bits per heavy atom. The molecule has 7 heteroatoms. The van der Waals surface area contributed by atoms with Crippen molar-refractivity contribution >= 4 is 22.0 Å². The van der Waals surface area contributed by atoms with Gasteiger partial charge in [0.05, 0.1) is 6.54 Å². The number of carbonyl (C=O) groups is 1. The number of hydrogen-bond donors (Lipinski definition) is 1. The highest BCUT2D eigenvalue weighted by molar-refractivity contribution is 7.92. The minimum atomic E-state index is -3.48. The third-order valence-electron chi connectivity index (χ3n) is 5.11. The van der Waals surface area contributed by atoms with Gasteiger partial charge in [-0.1, -0.05) is 48.0 Å². The highest BCUT2D eigenvalue weighted by Gasteiger charge is 2.29. The molecule has 1 amide bonds. The molecule has 3 rings (SSSR count). The van der Waals surface area contributed by atoms with Crippen molar-refractivity contribution in [1.82, 2.24) is 9.62 Å². The molecule has 1 N–H and O–H groups in total. The maximum atomic E-state index is 12.5. The molecule has 0 unspecified atom stereocenters. The lowest BCUT2D eigenvalue weighted by molar-refractivity contribution is -0.126. The number of nitrogens with zero attached hydrogens (tertiary/aromatic N) is 1. The van der Waals surface area contributed by atoms with Crippen LogP contribution in [0.2, 0.25) is 0 Å². The largest absolute Gasteiger partial charge is 0.492 e. The van der Waals surface area contributed by atoms with Crippen LogP contribution in [0.5, 0.6) is 5.75 Å². The van der Waals surface area contributed by atoms with Crippen LogP contribution in [0.1, 0.15) is 24.0 Å².